The fourth-order valence-corrected chi connectivity index (χ4v) is 2.57. The van der Waals surface area contributed by atoms with Crippen LogP contribution in [0.4, 0.5) is 8.78 Å². The first-order valence-corrected chi connectivity index (χ1v) is 6.95. The maximum absolute atomic E-state index is 13.9. The molecule has 1 aliphatic heterocycles. The topological polar surface area (TPSA) is 21.3 Å². The van der Waals surface area contributed by atoms with Crippen LogP contribution < -0.4 is 5.32 Å². The summed E-state index contributed by atoms with van der Waals surface area (Å²) in [5.74, 6) is -1.05. The Hall–Kier alpha value is -1.00. The second-order valence-corrected chi connectivity index (χ2v) is 5.16. The van der Waals surface area contributed by atoms with Crippen molar-refractivity contribution in [1.82, 2.24) is 5.32 Å². The predicted molar refractivity (Wildman–Crippen MR) is 71.0 cm³/mol. The van der Waals surface area contributed by atoms with Crippen LogP contribution in [-0.2, 0) is 4.74 Å². The zero-order valence-electron chi connectivity index (χ0n) is 11.5. The van der Waals surface area contributed by atoms with E-state index in [-0.39, 0.29) is 18.2 Å². The summed E-state index contributed by atoms with van der Waals surface area (Å²) >= 11 is 0. The number of benzene rings is 1. The van der Waals surface area contributed by atoms with Crippen LogP contribution in [0, 0.1) is 11.6 Å². The van der Waals surface area contributed by atoms with Gasteiger partial charge in [0.25, 0.3) is 0 Å². The third kappa shape index (κ3) is 3.51. The van der Waals surface area contributed by atoms with Crippen molar-refractivity contribution in [1.29, 1.82) is 0 Å². The number of halogens is 2. The maximum Gasteiger partial charge on any atom is 0.130 e. The van der Waals surface area contributed by atoms with Crippen molar-refractivity contribution >= 4 is 0 Å². The quantitative estimate of drug-likeness (QED) is 0.882. The monoisotopic (exact) mass is 269 g/mol. The first-order chi connectivity index (χ1) is 9.11. The zero-order chi connectivity index (χ0) is 13.8. The molecule has 1 aliphatic rings. The van der Waals surface area contributed by atoms with Gasteiger partial charge in [0, 0.05) is 11.6 Å². The molecule has 2 nitrogen and oxygen atoms in total. The molecule has 1 heterocycles. The smallest absolute Gasteiger partial charge is 0.130 e. The van der Waals surface area contributed by atoms with Crippen molar-refractivity contribution in [3.8, 4) is 0 Å². The van der Waals surface area contributed by atoms with Crippen molar-refractivity contribution in [2.45, 2.75) is 51.4 Å². The van der Waals surface area contributed by atoms with Gasteiger partial charge in [-0.25, -0.2) is 8.78 Å². The van der Waals surface area contributed by atoms with E-state index in [0.717, 1.165) is 31.9 Å². The lowest BCUT2D eigenvalue weighted by atomic mass is 9.98. The Balaban J connectivity index is 2.21. The molecule has 0 aromatic heterocycles. The lowest BCUT2D eigenvalue weighted by molar-refractivity contribution is 0.0308. The van der Waals surface area contributed by atoms with E-state index in [0.29, 0.717) is 5.56 Å². The molecular formula is C15H21F2NO. The van der Waals surface area contributed by atoms with E-state index in [1.165, 1.54) is 12.1 Å². The fraction of sp³-hybridized carbons (Fsp3) is 0.600. The van der Waals surface area contributed by atoms with Gasteiger partial charge in [0.15, 0.2) is 0 Å². The molecule has 1 saturated heterocycles. The largest absolute Gasteiger partial charge is 0.373 e. The minimum absolute atomic E-state index is 0.0403. The Bertz CT molecular complexity index is 425. The summed E-state index contributed by atoms with van der Waals surface area (Å²) in [7, 11) is 0. The summed E-state index contributed by atoms with van der Waals surface area (Å²) in [6.45, 7) is 4.87. The Labute approximate surface area is 113 Å². The summed E-state index contributed by atoms with van der Waals surface area (Å²) in [5.41, 5.74) is 0.494. The summed E-state index contributed by atoms with van der Waals surface area (Å²) in [6.07, 6.45) is 3.01. The van der Waals surface area contributed by atoms with Gasteiger partial charge in [-0.3, -0.25) is 0 Å². The molecule has 0 aliphatic carbocycles. The van der Waals surface area contributed by atoms with Gasteiger partial charge in [-0.05, 0) is 38.8 Å². The molecule has 0 radical (unpaired) electrons. The molecule has 1 aromatic rings. The second kappa shape index (κ2) is 6.44. The van der Waals surface area contributed by atoms with Crippen molar-refractivity contribution < 1.29 is 13.5 Å². The molecule has 0 bridgehead atoms. The van der Waals surface area contributed by atoms with Crippen molar-refractivity contribution in [2.75, 3.05) is 6.54 Å². The average Bonchev–Trinajstić information content (AvgIpc) is 2.78. The minimum Gasteiger partial charge on any atom is -0.373 e. The highest BCUT2D eigenvalue weighted by Crippen LogP contribution is 2.31. The van der Waals surface area contributed by atoms with E-state index in [2.05, 4.69) is 12.2 Å². The van der Waals surface area contributed by atoms with E-state index >= 15 is 0 Å². The van der Waals surface area contributed by atoms with Crippen molar-refractivity contribution in [2.24, 2.45) is 0 Å². The molecule has 4 heteroatoms. The van der Waals surface area contributed by atoms with Crippen LogP contribution in [0.5, 0.6) is 0 Å². The Morgan fingerprint density at radius 2 is 2.16 bits per heavy atom. The summed E-state index contributed by atoms with van der Waals surface area (Å²) < 4.78 is 32.8. The second-order valence-electron chi connectivity index (χ2n) is 5.16. The summed E-state index contributed by atoms with van der Waals surface area (Å²) in [4.78, 5) is 0. The molecule has 3 atom stereocenters. The van der Waals surface area contributed by atoms with Gasteiger partial charge in [-0.15, -0.1) is 0 Å². The number of rotatable bonds is 5. The SMILES string of the molecule is CCCNC(c1ccc(F)cc1F)C1CCC(C)O1. The fourth-order valence-electron chi connectivity index (χ4n) is 2.57. The number of nitrogens with one attached hydrogen (secondary N) is 1. The third-order valence-electron chi connectivity index (χ3n) is 3.55. The zero-order valence-corrected chi connectivity index (χ0v) is 11.5. The van der Waals surface area contributed by atoms with Gasteiger partial charge >= 0.3 is 0 Å². The van der Waals surface area contributed by atoms with Gasteiger partial charge < -0.3 is 10.1 Å². The van der Waals surface area contributed by atoms with Gasteiger partial charge in [-0.1, -0.05) is 13.0 Å². The molecule has 0 saturated carbocycles. The third-order valence-corrected chi connectivity index (χ3v) is 3.55. The van der Waals surface area contributed by atoms with Crippen LogP contribution >= 0.6 is 0 Å². The molecule has 19 heavy (non-hydrogen) atoms. The molecule has 2 rings (SSSR count). The van der Waals surface area contributed by atoms with Gasteiger partial charge in [0.1, 0.15) is 11.6 Å². The molecule has 1 fully saturated rings. The molecule has 3 unspecified atom stereocenters. The standard InChI is InChI=1S/C15H21F2NO/c1-3-8-18-15(14-7-4-10(2)19-14)12-6-5-11(16)9-13(12)17/h5-6,9-10,14-15,18H,3-4,7-8H2,1-2H3. The Kier molecular flexibility index (Phi) is 4.88. The van der Waals surface area contributed by atoms with Gasteiger partial charge in [0.05, 0.1) is 18.2 Å². The number of hydrogen-bond donors (Lipinski definition) is 1. The maximum atomic E-state index is 13.9. The number of hydrogen-bond acceptors (Lipinski definition) is 2. The van der Waals surface area contributed by atoms with E-state index in [1.807, 2.05) is 6.92 Å². The molecule has 1 aromatic carbocycles. The van der Waals surface area contributed by atoms with E-state index < -0.39 is 11.6 Å². The summed E-state index contributed by atoms with van der Waals surface area (Å²) in [5, 5.41) is 3.32. The Morgan fingerprint density at radius 1 is 1.37 bits per heavy atom. The van der Waals surface area contributed by atoms with E-state index in [1.54, 1.807) is 0 Å². The van der Waals surface area contributed by atoms with Crippen LogP contribution in [0.3, 0.4) is 0 Å². The normalized spacial score (nSPS) is 24.6. The van der Waals surface area contributed by atoms with Crippen molar-refractivity contribution in [3.05, 3.63) is 35.4 Å². The molecule has 0 spiro atoms. The van der Waals surface area contributed by atoms with Crippen LogP contribution in [0.1, 0.15) is 44.7 Å². The Morgan fingerprint density at radius 3 is 2.74 bits per heavy atom. The van der Waals surface area contributed by atoms with Crippen LogP contribution in [-0.4, -0.2) is 18.8 Å². The first-order valence-electron chi connectivity index (χ1n) is 6.95. The van der Waals surface area contributed by atoms with Crippen LogP contribution in [0.2, 0.25) is 0 Å². The summed E-state index contributed by atoms with van der Waals surface area (Å²) in [6, 6.07) is 3.56. The highest BCUT2D eigenvalue weighted by Gasteiger charge is 2.31. The van der Waals surface area contributed by atoms with Crippen molar-refractivity contribution in [3.63, 3.8) is 0 Å². The highest BCUT2D eigenvalue weighted by atomic mass is 19.1. The molecular weight excluding hydrogens is 248 g/mol. The van der Waals surface area contributed by atoms with Gasteiger partial charge in [-0.2, -0.15) is 0 Å². The molecule has 106 valence electrons. The number of ether oxygens (including phenoxy) is 1. The van der Waals surface area contributed by atoms with Crippen LogP contribution in [0.15, 0.2) is 18.2 Å². The average molecular weight is 269 g/mol. The molecule has 0 amide bonds. The molecule has 1 N–H and O–H groups in total. The van der Waals surface area contributed by atoms with E-state index in [4.69, 9.17) is 4.74 Å². The highest BCUT2D eigenvalue weighted by molar-refractivity contribution is 5.23. The predicted octanol–water partition coefficient (Wildman–Crippen LogP) is 3.57. The lowest BCUT2D eigenvalue weighted by Crippen LogP contribution is -2.33. The lowest BCUT2D eigenvalue weighted by Gasteiger charge is -2.25. The minimum atomic E-state index is -0.545. The first kappa shape index (κ1) is 14.4. The van der Waals surface area contributed by atoms with Gasteiger partial charge in [0.2, 0.25) is 0 Å². The van der Waals surface area contributed by atoms with Crippen LogP contribution in [0.25, 0.3) is 0 Å². The van der Waals surface area contributed by atoms with E-state index in [9.17, 15) is 8.78 Å².